The van der Waals surface area contributed by atoms with E-state index in [1.807, 2.05) is 37.3 Å². The molecule has 2 N–H and O–H groups in total. The maximum absolute atomic E-state index is 13.3. The number of fused-ring (bicyclic) bond motifs is 1. The van der Waals surface area contributed by atoms with Crippen LogP contribution in [-0.2, 0) is 4.79 Å². The summed E-state index contributed by atoms with van der Waals surface area (Å²) >= 11 is 0. The second-order valence-corrected chi connectivity index (χ2v) is 8.20. The molecule has 3 unspecified atom stereocenters. The predicted octanol–water partition coefficient (Wildman–Crippen LogP) is 3.23. The minimum absolute atomic E-state index is 0.0780. The van der Waals surface area contributed by atoms with Crippen molar-refractivity contribution in [1.82, 2.24) is 15.8 Å². The first-order valence-corrected chi connectivity index (χ1v) is 10.6. The zero-order chi connectivity index (χ0) is 21.1. The molecule has 2 aromatic rings. The van der Waals surface area contributed by atoms with Crippen molar-refractivity contribution in [3.8, 4) is 0 Å². The molecule has 0 bridgehead atoms. The standard InChI is InChI=1S/C24H27N3O3/c1-16-9-5-7-13-19(16)22(28)25-26-23(29)21-15-18-12-6-8-14-20(18)27(21)24(30)17-10-3-2-4-11-17/h2-5,7,9-11,13,18,20-21H,6,8,12,14-15H2,1H3,(H,25,28)(H,26,29). The van der Waals surface area contributed by atoms with Crippen molar-refractivity contribution in [3.05, 3.63) is 71.3 Å². The number of rotatable bonds is 3. The summed E-state index contributed by atoms with van der Waals surface area (Å²) in [5.41, 5.74) is 7.01. The zero-order valence-electron chi connectivity index (χ0n) is 17.1. The average Bonchev–Trinajstić information content (AvgIpc) is 3.17. The molecule has 2 aliphatic rings. The summed E-state index contributed by atoms with van der Waals surface area (Å²) in [6.07, 6.45) is 4.78. The van der Waals surface area contributed by atoms with E-state index in [1.165, 1.54) is 0 Å². The molecule has 2 aromatic carbocycles. The molecule has 1 saturated carbocycles. The van der Waals surface area contributed by atoms with Gasteiger partial charge in [0.25, 0.3) is 17.7 Å². The number of likely N-dealkylation sites (tertiary alicyclic amines) is 1. The Morgan fingerprint density at radius 2 is 1.60 bits per heavy atom. The van der Waals surface area contributed by atoms with E-state index in [4.69, 9.17) is 0 Å². The first-order valence-electron chi connectivity index (χ1n) is 10.6. The number of hydrogen-bond donors (Lipinski definition) is 2. The van der Waals surface area contributed by atoms with Gasteiger partial charge in [-0.2, -0.15) is 0 Å². The van der Waals surface area contributed by atoms with Crippen molar-refractivity contribution >= 4 is 17.7 Å². The Balaban J connectivity index is 1.50. The fraction of sp³-hybridized carbons (Fsp3) is 0.375. The van der Waals surface area contributed by atoms with Gasteiger partial charge in [-0.1, -0.05) is 49.2 Å². The molecule has 0 spiro atoms. The van der Waals surface area contributed by atoms with Gasteiger partial charge >= 0.3 is 0 Å². The summed E-state index contributed by atoms with van der Waals surface area (Å²) in [6.45, 7) is 1.85. The van der Waals surface area contributed by atoms with Crippen molar-refractivity contribution < 1.29 is 14.4 Å². The zero-order valence-corrected chi connectivity index (χ0v) is 17.1. The Hall–Kier alpha value is -3.15. The lowest BCUT2D eigenvalue weighted by atomic mass is 9.84. The Labute approximate surface area is 176 Å². The number of amides is 3. The highest BCUT2D eigenvalue weighted by Crippen LogP contribution is 2.40. The molecule has 3 atom stereocenters. The average molecular weight is 405 g/mol. The van der Waals surface area contributed by atoms with E-state index >= 15 is 0 Å². The highest BCUT2D eigenvalue weighted by Gasteiger charge is 2.47. The van der Waals surface area contributed by atoms with E-state index in [9.17, 15) is 14.4 Å². The van der Waals surface area contributed by atoms with E-state index in [0.29, 0.717) is 23.5 Å². The molecule has 0 radical (unpaired) electrons. The van der Waals surface area contributed by atoms with Crippen molar-refractivity contribution in [2.24, 2.45) is 5.92 Å². The van der Waals surface area contributed by atoms with Gasteiger partial charge < -0.3 is 4.90 Å². The normalized spacial score (nSPS) is 22.8. The second kappa shape index (κ2) is 8.69. The van der Waals surface area contributed by atoms with Gasteiger partial charge in [0.1, 0.15) is 6.04 Å². The van der Waals surface area contributed by atoms with Crippen LogP contribution < -0.4 is 10.9 Å². The molecular weight excluding hydrogens is 378 g/mol. The molecule has 4 rings (SSSR count). The van der Waals surface area contributed by atoms with E-state index in [1.54, 1.807) is 29.2 Å². The number of carbonyl (C=O) groups is 3. The topological polar surface area (TPSA) is 78.5 Å². The van der Waals surface area contributed by atoms with Crippen LogP contribution in [0, 0.1) is 12.8 Å². The Bertz CT molecular complexity index is 944. The SMILES string of the molecule is Cc1ccccc1C(=O)NNC(=O)C1CC2CCCCC2N1C(=O)c1ccccc1. The van der Waals surface area contributed by atoms with Crippen LogP contribution in [-0.4, -0.2) is 34.7 Å². The monoisotopic (exact) mass is 405 g/mol. The lowest BCUT2D eigenvalue weighted by Gasteiger charge is -2.33. The fourth-order valence-electron chi connectivity index (χ4n) is 4.81. The third-order valence-corrected chi connectivity index (χ3v) is 6.33. The first-order chi connectivity index (χ1) is 14.6. The van der Waals surface area contributed by atoms with Crippen LogP contribution in [0.25, 0.3) is 0 Å². The quantitative estimate of drug-likeness (QED) is 0.770. The third-order valence-electron chi connectivity index (χ3n) is 6.33. The van der Waals surface area contributed by atoms with Crippen LogP contribution >= 0.6 is 0 Å². The number of aryl methyl sites for hydroxylation is 1. The van der Waals surface area contributed by atoms with Gasteiger partial charge in [0.15, 0.2) is 0 Å². The maximum atomic E-state index is 13.3. The van der Waals surface area contributed by atoms with Gasteiger partial charge in [-0.25, -0.2) is 0 Å². The summed E-state index contributed by atoms with van der Waals surface area (Å²) in [7, 11) is 0. The van der Waals surface area contributed by atoms with Crippen LogP contribution in [0.1, 0.15) is 58.4 Å². The van der Waals surface area contributed by atoms with Crippen LogP contribution in [0.5, 0.6) is 0 Å². The molecule has 0 aromatic heterocycles. The van der Waals surface area contributed by atoms with Gasteiger partial charge in [0, 0.05) is 17.2 Å². The van der Waals surface area contributed by atoms with E-state index in [-0.39, 0.29) is 23.8 Å². The highest BCUT2D eigenvalue weighted by molar-refractivity contribution is 6.00. The van der Waals surface area contributed by atoms with Crippen molar-refractivity contribution in [2.45, 2.75) is 51.1 Å². The van der Waals surface area contributed by atoms with Gasteiger partial charge in [-0.15, -0.1) is 0 Å². The summed E-state index contributed by atoms with van der Waals surface area (Å²) in [5, 5.41) is 0. The number of hydrazine groups is 1. The van der Waals surface area contributed by atoms with Crippen molar-refractivity contribution in [2.75, 3.05) is 0 Å². The Kier molecular flexibility index (Phi) is 5.84. The molecule has 1 heterocycles. The van der Waals surface area contributed by atoms with Crippen LogP contribution in [0.15, 0.2) is 54.6 Å². The second-order valence-electron chi connectivity index (χ2n) is 8.20. The minimum atomic E-state index is -0.581. The summed E-state index contributed by atoms with van der Waals surface area (Å²) in [6, 6.07) is 15.8. The summed E-state index contributed by atoms with van der Waals surface area (Å²) in [4.78, 5) is 40.5. The molecule has 3 amide bonds. The van der Waals surface area contributed by atoms with Gasteiger partial charge in [0.05, 0.1) is 0 Å². The van der Waals surface area contributed by atoms with Crippen LogP contribution in [0.3, 0.4) is 0 Å². The number of carbonyl (C=O) groups excluding carboxylic acids is 3. The first kappa shape index (κ1) is 20.1. The Morgan fingerprint density at radius 3 is 2.37 bits per heavy atom. The maximum Gasteiger partial charge on any atom is 0.269 e. The number of nitrogens with zero attached hydrogens (tertiary/aromatic N) is 1. The van der Waals surface area contributed by atoms with Crippen molar-refractivity contribution in [1.29, 1.82) is 0 Å². The number of benzene rings is 2. The fourth-order valence-corrected chi connectivity index (χ4v) is 4.81. The molecule has 1 aliphatic heterocycles. The highest BCUT2D eigenvalue weighted by atomic mass is 16.2. The third kappa shape index (κ3) is 3.95. The van der Waals surface area contributed by atoms with E-state index < -0.39 is 6.04 Å². The minimum Gasteiger partial charge on any atom is -0.323 e. The number of hydrogen-bond acceptors (Lipinski definition) is 3. The molecule has 6 nitrogen and oxygen atoms in total. The number of nitrogens with one attached hydrogen (secondary N) is 2. The molecule has 1 saturated heterocycles. The van der Waals surface area contributed by atoms with Crippen molar-refractivity contribution in [3.63, 3.8) is 0 Å². The lowest BCUT2D eigenvalue weighted by molar-refractivity contribution is -0.126. The largest absolute Gasteiger partial charge is 0.323 e. The predicted molar refractivity (Wildman–Crippen MR) is 114 cm³/mol. The van der Waals surface area contributed by atoms with Crippen LogP contribution in [0.4, 0.5) is 0 Å². The van der Waals surface area contributed by atoms with Gasteiger partial charge in [-0.3, -0.25) is 25.2 Å². The molecular formula is C24H27N3O3. The Morgan fingerprint density at radius 1 is 0.900 bits per heavy atom. The molecule has 156 valence electrons. The molecule has 2 fully saturated rings. The van der Waals surface area contributed by atoms with Gasteiger partial charge in [0.2, 0.25) is 0 Å². The molecule has 1 aliphatic carbocycles. The summed E-state index contributed by atoms with van der Waals surface area (Å²) in [5.74, 6) is -0.488. The smallest absolute Gasteiger partial charge is 0.269 e. The lowest BCUT2D eigenvalue weighted by Crippen LogP contribution is -2.53. The van der Waals surface area contributed by atoms with E-state index in [0.717, 1.165) is 31.2 Å². The summed E-state index contributed by atoms with van der Waals surface area (Å²) < 4.78 is 0. The van der Waals surface area contributed by atoms with Gasteiger partial charge in [-0.05, 0) is 55.9 Å². The molecule has 30 heavy (non-hydrogen) atoms. The van der Waals surface area contributed by atoms with Crippen LogP contribution in [0.2, 0.25) is 0 Å². The molecule has 6 heteroatoms. The van der Waals surface area contributed by atoms with E-state index in [2.05, 4.69) is 10.9 Å².